The quantitative estimate of drug-likeness (QED) is 0.188. The van der Waals surface area contributed by atoms with Crippen LogP contribution in [0.15, 0.2) is 66.7 Å². The van der Waals surface area contributed by atoms with Gasteiger partial charge in [-0.2, -0.15) is 0 Å². The first kappa shape index (κ1) is 32.0. The minimum absolute atomic E-state index is 0.0289. The van der Waals surface area contributed by atoms with Crippen LogP contribution in [0.5, 0.6) is 5.75 Å². The molecule has 1 aliphatic rings. The van der Waals surface area contributed by atoms with E-state index in [-0.39, 0.29) is 30.4 Å². The van der Waals surface area contributed by atoms with E-state index in [0.717, 1.165) is 60.8 Å². The van der Waals surface area contributed by atoms with E-state index in [1.807, 2.05) is 36.4 Å². The van der Waals surface area contributed by atoms with Crippen LogP contribution in [0.2, 0.25) is 5.02 Å². The Morgan fingerprint density at radius 3 is 2.45 bits per heavy atom. The number of ether oxygens (including phenoxy) is 1. The minimum Gasteiger partial charge on any atom is -0.490 e. The highest BCUT2D eigenvalue weighted by atomic mass is 35.5. The molecule has 10 heteroatoms. The van der Waals surface area contributed by atoms with Crippen LogP contribution in [0.1, 0.15) is 66.1 Å². The van der Waals surface area contributed by atoms with Crippen LogP contribution in [0.25, 0.3) is 11.1 Å². The number of hydrogen-bond acceptors (Lipinski definition) is 7. The standard InChI is InChI=1S/C32H39ClN2O6S/c33-27-7-4-6-26(20-27)30(37)22-34-17-16-23-10-12-24(13-11-23)25-14-15-29(32(38)35-42(39,40)19-5-18-36)31(21-25)41-28-8-2-1-3-9-28/h4,6-7,10-15,20-21,28,30,34,36-37H,1-3,5,8-9,16-19,22H2,(H,35,38)/t30-/m1/s1. The molecule has 0 heterocycles. The van der Waals surface area contributed by atoms with Gasteiger partial charge in [-0.1, -0.05) is 60.5 Å². The number of carbonyl (C=O) groups excluding carboxylic acids is 1. The molecule has 1 aliphatic carbocycles. The first-order chi connectivity index (χ1) is 20.2. The lowest BCUT2D eigenvalue weighted by molar-refractivity contribution is 0.0969. The molecule has 3 aromatic rings. The van der Waals surface area contributed by atoms with Crippen molar-refractivity contribution in [2.75, 3.05) is 25.4 Å². The summed E-state index contributed by atoms with van der Waals surface area (Å²) in [6, 6.07) is 20.5. The van der Waals surface area contributed by atoms with Crippen molar-refractivity contribution in [2.45, 2.75) is 57.2 Å². The van der Waals surface area contributed by atoms with Gasteiger partial charge in [0, 0.05) is 18.2 Å². The molecular weight excluding hydrogens is 576 g/mol. The lowest BCUT2D eigenvalue weighted by Crippen LogP contribution is -2.33. The summed E-state index contributed by atoms with van der Waals surface area (Å²) in [5.74, 6) is -0.717. The second-order valence-electron chi connectivity index (χ2n) is 10.6. The average molecular weight is 615 g/mol. The molecule has 226 valence electrons. The van der Waals surface area contributed by atoms with Crippen molar-refractivity contribution in [3.05, 3.63) is 88.4 Å². The summed E-state index contributed by atoms with van der Waals surface area (Å²) in [6.07, 6.45) is 5.19. The van der Waals surface area contributed by atoms with Gasteiger partial charge in [-0.15, -0.1) is 0 Å². The van der Waals surface area contributed by atoms with Crippen molar-refractivity contribution in [2.24, 2.45) is 0 Å². The molecule has 1 amide bonds. The smallest absolute Gasteiger partial charge is 0.268 e. The van der Waals surface area contributed by atoms with E-state index in [9.17, 15) is 18.3 Å². The number of nitrogens with one attached hydrogen (secondary N) is 2. The third-order valence-corrected chi connectivity index (χ3v) is 8.90. The molecule has 0 aliphatic heterocycles. The molecule has 0 radical (unpaired) electrons. The predicted octanol–water partition coefficient (Wildman–Crippen LogP) is 5.03. The molecule has 3 aromatic carbocycles. The monoisotopic (exact) mass is 614 g/mol. The van der Waals surface area contributed by atoms with Crippen molar-refractivity contribution in [1.29, 1.82) is 0 Å². The second kappa shape index (κ2) is 15.5. The van der Waals surface area contributed by atoms with E-state index in [2.05, 4.69) is 10.0 Å². The molecule has 0 saturated heterocycles. The lowest BCUT2D eigenvalue weighted by Gasteiger charge is -2.24. The maximum absolute atomic E-state index is 13.0. The molecule has 42 heavy (non-hydrogen) atoms. The molecule has 0 spiro atoms. The average Bonchev–Trinajstić information content (AvgIpc) is 2.99. The molecule has 4 rings (SSSR count). The summed E-state index contributed by atoms with van der Waals surface area (Å²) in [5.41, 5.74) is 3.87. The third kappa shape index (κ3) is 9.54. The Hall–Kier alpha value is -2.95. The largest absolute Gasteiger partial charge is 0.490 e. The van der Waals surface area contributed by atoms with Crippen LogP contribution in [-0.4, -0.2) is 56.1 Å². The molecule has 1 fully saturated rings. The Kier molecular flexibility index (Phi) is 11.8. The normalized spacial score (nSPS) is 14.8. The molecular formula is C32H39ClN2O6S. The van der Waals surface area contributed by atoms with E-state index in [1.165, 1.54) is 0 Å². The van der Waals surface area contributed by atoms with Crippen molar-refractivity contribution >= 4 is 27.5 Å². The Morgan fingerprint density at radius 1 is 1.00 bits per heavy atom. The van der Waals surface area contributed by atoms with E-state index < -0.39 is 22.0 Å². The number of benzene rings is 3. The fourth-order valence-corrected chi connectivity index (χ4v) is 6.22. The van der Waals surface area contributed by atoms with Crippen LogP contribution < -0.4 is 14.8 Å². The fraction of sp³-hybridized carbons (Fsp3) is 0.406. The number of amides is 1. The number of carbonyl (C=O) groups is 1. The third-order valence-electron chi connectivity index (χ3n) is 7.34. The number of hydrogen-bond donors (Lipinski definition) is 4. The van der Waals surface area contributed by atoms with Crippen molar-refractivity contribution in [1.82, 2.24) is 10.0 Å². The molecule has 1 saturated carbocycles. The fourth-order valence-electron chi connectivity index (χ4n) is 5.02. The van der Waals surface area contributed by atoms with Crippen molar-refractivity contribution in [3.8, 4) is 16.9 Å². The lowest BCUT2D eigenvalue weighted by atomic mass is 9.97. The maximum atomic E-state index is 13.0. The van der Waals surface area contributed by atoms with Gasteiger partial charge in [0.1, 0.15) is 5.75 Å². The summed E-state index contributed by atoms with van der Waals surface area (Å²) in [6.45, 7) is 0.842. The zero-order valence-electron chi connectivity index (χ0n) is 23.6. The summed E-state index contributed by atoms with van der Waals surface area (Å²) in [4.78, 5) is 13.0. The molecule has 0 aromatic heterocycles. The first-order valence-corrected chi connectivity index (χ1v) is 16.5. The Morgan fingerprint density at radius 2 is 1.74 bits per heavy atom. The minimum atomic E-state index is -3.88. The van der Waals surface area contributed by atoms with E-state index >= 15 is 0 Å². The van der Waals surface area contributed by atoms with Gasteiger partial charge < -0.3 is 20.3 Å². The van der Waals surface area contributed by atoms with Crippen LogP contribution in [-0.2, 0) is 16.4 Å². The number of sulfonamides is 1. The predicted molar refractivity (Wildman–Crippen MR) is 165 cm³/mol. The van der Waals surface area contributed by atoms with Crippen LogP contribution in [0.3, 0.4) is 0 Å². The number of halogens is 1. The van der Waals surface area contributed by atoms with E-state index in [4.69, 9.17) is 21.4 Å². The summed E-state index contributed by atoms with van der Waals surface area (Å²) >= 11 is 6.01. The van der Waals surface area contributed by atoms with Gasteiger partial charge >= 0.3 is 0 Å². The number of aliphatic hydroxyl groups excluding tert-OH is 2. The molecule has 8 nitrogen and oxygen atoms in total. The zero-order chi connectivity index (χ0) is 30.0. The molecule has 4 N–H and O–H groups in total. The summed E-state index contributed by atoms with van der Waals surface area (Å²) < 4.78 is 33.0. The number of rotatable bonds is 14. The highest BCUT2D eigenvalue weighted by Crippen LogP contribution is 2.31. The van der Waals surface area contributed by atoms with Gasteiger partial charge in [0.25, 0.3) is 5.91 Å². The number of aliphatic hydroxyl groups is 2. The van der Waals surface area contributed by atoms with Gasteiger partial charge in [0.15, 0.2) is 0 Å². The molecule has 0 bridgehead atoms. The van der Waals surface area contributed by atoms with Gasteiger partial charge in [0.05, 0.1) is 23.5 Å². The van der Waals surface area contributed by atoms with Crippen LogP contribution >= 0.6 is 11.6 Å². The zero-order valence-corrected chi connectivity index (χ0v) is 25.2. The highest BCUT2D eigenvalue weighted by Gasteiger charge is 2.23. The summed E-state index contributed by atoms with van der Waals surface area (Å²) in [7, 11) is -3.88. The van der Waals surface area contributed by atoms with Gasteiger partial charge in [-0.25, -0.2) is 13.1 Å². The van der Waals surface area contributed by atoms with E-state index in [1.54, 1.807) is 30.3 Å². The maximum Gasteiger partial charge on any atom is 0.268 e. The summed E-state index contributed by atoms with van der Waals surface area (Å²) in [5, 5.41) is 23.2. The van der Waals surface area contributed by atoms with Gasteiger partial charge in [-0.05, 0) is 91.6 Å². The van der Waals surface area contributed by atoms with E-state index in [0.29, 0.717) is 23.9 Å². The Balaban J connectivity index is 1.41. The molecule has 1 atom stereocenters. The van der Waals surface area contributed by atoms with Crippen LogP contribution in [0, 0.1) is 0 Å². The highest BCUT2D eigenvalue weighted by molar-refractivity contribution is 7.90. The van der Waals surface area contributed by atoms with Crippen molar-refractivity contribution < 1.29 is 28.2 Å². The SMILES string of the molecule is O=C(NS(=O)(=O)CCCO)c1ccc(-c2ccc(CCNC[C@@H](O)c3cccc(Cl)c3)cc2)cc1OC1CCCCC1. The topological polar surface area (TPSA) is 125 Å². The second-order valence-corrected chi connectivity index (χ2v) is 12.9. The molecule has 0 unspecified atom stereocenters. The van der Waals surface area contributed by atoms with Crippen LogP contribution in [0.4, 0.5) is 0 Å². The first-order valence-electron chi connectivity index (χ1n) is 14.4. The Bertz CT molecular complexity index is 1430. The van der Waals surface area contributed by atoms with Crippen molar-refractivity contribution in [3.63, 3.8) is 0 Å². The van der Waals surface area contributed by atoms with Gasteiger partial charge in [-0.3, -0.25) is 4.79 Å². The Labute approximate surface area is 253 Å². The van der Waals surface area contributed by atoms with Gasteiger partial charge in [0.2, 0.25) is 10.0 Å².